The maximum atomic E-state index is 4.45. The summed E-state index contributed by atoms with van der Waals surface area (Å²) in [4.78, 5) is 7.75. The van der Waals surface area contributed by atoms with Gasteiger partial charge in [0, 0.05) is 11.3 Å². The lowest BCUT2D eigenvalue weighted by molar-refractivity contribution is 0.812. The summed E-state index contributed by atoms with van der Waals surface area (Å²) in [5, 5.41) is 4.45. The van der Waals surface area contributed by atoms with Gasteiger partial charge in [-0.25, -0.2) is 9.67 Å². The van der Waals surface area contributed by atoms with E-state index in [-0.39, 0.29) is 0 Å². The lowest BCUT2D eigenvalue weighted by Crippen LogP contribution is -1.99. The van der Waals surface area contributed by atoms with Gasteiger partial charge in [0.25, 0.3) is 0 Å². The molecule has 1 N–H and O–H groups in total. The zero-order chi connectivity index (χ0) is 13.4. The lowest BCUT2D eigenvalue weighted by atomic mass is 10.1. The predicted molar refractivity (Wildman–Crippen MR) is 75.4 cm³/mol. The standard InChI is InChI=1S/C15H16N4/c1-10-5-4-6-13(7-10)15-16-9-14(17-15)19-12(3)8-11(2)18-19/h4-9H,1-3H3,(H,16,17). The fourth-order valence-electron chi connectivity index (χ4n) is 2.23. The van der Waals surface area contributed by atoms with Crippen LogP contribution in [0.4, 0.5) is 0 Å². The summed E-state index contributed by atoms with van der Waals surface area (Å²) in [7, 11) is 0. The monoisotopic (exact) mass is 252 g/mol. The SMILES string of the molecule is Cc1cccc(-c2ncc(-n3nc(C)cc3C)[nH]2)c1. The smallest absolute Gasteiger partial charge is 0.151 e. The van der Waals surface area contributed by atoms with Crippen LogP contribution in [0.3, 0.4) is 0 Å². The van der Waals surface area contributed by atoms with Crippen molar-refractivity contribution in [3.05, 3.63) is 53.5 Å². The maximum absolute atomic E-state index is 4.45. The number of H-pyrrole nitrogens is 1. The molecule has 0 aliphatic rings. The number of benzene rings is 1. The molecule has 0 saturated heterocycles. The highest BCUT2D eigenvalue weighted by molar-refractivity contribution is 5.57. The number of nitrogens with one attached hydrogen (secondary N) is 1. The third kappa shape index (κ3) is 2.17. The number of nitrogens with zero attached hydrogens (tertiary/aromatic N) is 3. The molecule has 4 nitrogen and oxygen atoms in total. The minimum Gasteiger partial charge on any atom is -0.323 e. The molecule has 1 aromatic carbocycles. The van der Waals surface area contributed by atoms with E-state index in [2.05, 4.69) is 40.2 Å². The molecule has 0 saturated carbocycles. The quantitative estimate of drug-likeness (QED) is 0.761. The molecule has 0 fully saturated rings. The molecule has 3 aromatic rings. The summed E-state index contributed by atoms with van der Waals surface area (Å²) in [6, 6.07) is 10.3. The third-order valence-electron chi connectivity index (χ3n) is 3.09. The van der Waals surface area contributed by atoms with E-state index < -0.39 is 0 Å². The first-order valence-electron chi connectivity index (χ1n) is 6.29. The first-order chi connectivity index (χ1) is 9.13. The fourth-order valence-corrected chi connectivity index (χ4v) is 2.23. The zero-order valence-electron chi connectivity index (χ0n) is 11.3. The predicted octanol–water partition coefficient (Wildman–Crippen LogP) is 3.19. The van der Waals surface area contributed by atoms with Crippen molar-refractivity contribution in [3.8, 4) is 17.2 Å². The molecule has 2 heterocycles. The van der Waals surface area contributed by atoms with Gasteiger partial charge < -0.3 is 4.98 Å². The number of rotatable bonds is 2. The van der Waals surface area contributed by atoms with Crippen molar-refractivity contribution in [1.29, 1.82) is 0 Å². The number of hydrogen-bond acceptors (Lipinski definition) is 2. The van der Waals surface area contributed by atoms with Crippen LogP contribution in [0.5, 0.6) is 0 Å². The number of imidazole rings is 1. The minimum atomic E-state index is 0.867. The van der Waals surface area contributed by atoms with Gasteiger partial charge in [-0.2, -0.15) is 5.10 Å². The summed E-state index contributed by atoms with van der Waals surface area (Å²) in [5.74, 6) is 1.76. The molecule has 3 rings (SSSR count). The number of aromatic nitrogens is 4. The lowest BCUT2D eigenvalue weighted by Gasteiger charge is -2.00. The van der Waals surface area contributed by atoms with Crippen molar-refractivity contribution in [2.75, 3.05) is 0 Å². The molecule has 0 unspecified atom stereocenters. The molecule has 0 bridgehead atoms. The first-order valence-corrected chi connectivity index (χ1v) is 6.29. The van der Waals surface area contributed by atoms with Gasteiger partial charge in [0.15, 0.2) is 5.82 Å². The fraction of sp³-hybridized carbons (Fsp3) is 0.200. The largest absolute Gasteiger partial charge is 0.323 e. The van der Waals surface area contributed by atoms with E-state index in [1.165, 1.54) is 5.56 Å². The van der Waals surface area contributed by atoms with E-state index in [1.807, 2.05) is 36.9 Å². The van der Waals surface area contributed by atoms with Crippen LogP contribution < -0.4 is 0 Å². The molecule has 19 heavy (non-hydrogen) atoms. The van der Waals surface area contributed by atoms with Gasteiger partial charge in [0.2, 0.25) is 0 Å². The second-order valence-electron chi connectivity index (χ2n) is 4.83. The van der Waals surface area contributed by atoms with Crippen LogP contribution >= 0.6 is 0 Å². The van der Waals surface area contributed by atoms with Gasteiger partial charge in [0.05, 0.1) is 11.9 Å². The Morgan fingerprint density at radius 1 is 1.11 bits per heavy atom. The molecule has 0 amide bonds. The van der Waals surface area contributed by atoms with Crippen molar-refractivity contribution < 1.29 is 0 Å². The number of aromatic amines is 1. The molecule has 2 aromatic heterocycles. The summed E-state index contributed by atoms with van der Waals surface area (Å²) >= 11 is 0. The van der Waals surface area contributed by atoms with E-state index in [4.69, 9.17) is 0 Å². The van der Waals surface area contributed by atoms with Crippen molar-refractivity contribution in [2.24, 2.45) is 0 Å². The highest BCUT2D eigenvalue weighted by Crippen LogP contribution is 2.19. The van der Waals surface area contributed by atoms with E-state index in [0.717, 1.165) is 28.6 Å². The van der Waals surface area contributed by atoms with Crippen molar-refractivity contribution >= 4 is 0 Å². The van der Waals surface area contributed by atoms with Crippen molar-refractivity contribution in [2.45, 2.75) is 20.8 Å². The van der Waals surface area contributed by atoms with Crippen LogP contribution in [-0.4, -0.2) is 19.7 Å². The topological polar surface area (TPSA) is 46.5 Å². The van der Waals surface area contributed by atoms with Crippen LogP contribution in [0.2, 0.25) is 0 Å². The van der Waals surface area contributed by atoms with Gasteiger partial charge in [-0.05, 0) is 32.9 Å². The molecule has 0 spiro atoms. The molecule has 0 aliphatic heterocycles. The Kier molecular flexibility index (Phi) is 2.71. The Morgan fingerprint density at radius 2 is 1.95 bits per heavy atom. The molecular weight excluding hydrogens is 236 g/mol. The average molecular weight is 252 g/mol. The average Bonchev–Trinajstić information content (AvgIpc) is 2.96. The minimum absolute atomic E-state index is 0.867. The van der Waals surface area contributed by atoms with E-state index in [0.29, 0.717) is 0 Å². The maximum Gasteiger partial charge on any atom is 0.151 e. The molecule has 0 atom stereocenters. The van der Waals surface area contributed by atoms with E-state index >= 15 is 0 Å². The Morgan fingerprint density at radius 3 is 2.63 bits per heavy atom. The van der Waals surface area contributed by atoms with Crippen molar-refractivity contribution in [3.63, 3.8) is 0 Å². The Balaban J connectivity index is 2.02. The Bertz CT molecular complexity index is 721. The summed E-state index contributed by atoms with van der Waals surface area (Å²) in [6.07, 6.45) is 1.82. The number of aryl methyl sites for hydroxylation is 3. The molecular formula is C15H16N4. The third-order valence-corrected chi connectivity index (χ3v) is 3.09. The second kappa shape index (κ2) is 4.39. The first kappa shape index (κ1) is 11.7. The van der Waals surface area contributed by atoms with Gasteiger partial charge >= 0.3 is 0 Å². The summed E-state index contributed by atoms with van der Waals surface area (Å²) in [5.41, 5.74) is 4.41. The van der Waals surface area contributed by atoms with Gasteiger partial charge in [0.1, 0.15) is 5.82 Å². The Labute approximate surface area is 112 Å². The van der Waals surface area contributed by atoms with Crippen LogP contribution in [0, 0.1) is 20.8 Å². The van der Waals surface area contributed by atoms with Gasteiger partial charge in [-0.1, -0.05) is 23.8 Å². The molecule has 0 aliphatic carbocycles. The van der Waals surface area contributed by atoms with E-state index in [9.17, 15) is 0 Å². The highest BCUT2D eigenvalue weighted by atomic mass is 15.3. The Hall–Kier alpha value is -2.36. The zero-order valence-corrected chi connectivity index (χ0v) is 11.3. The van der Waals surface area contributed by atoms with E-state index in [1.54, 1.807) is 0 Å². The van der Waals surface area contributed by atoms with Crippen LogP contribution in [-0.2, 0) is 0 Å². The van der Waals surface area contributed by atoms with Gasteiger partial charge in [-0.15, -0.1) is 0 Å². The van der Waals surface area contributed by atoms with Crippen LogP contribution in [0.15, 0.2) is 36.5 Å². The second-order valence-corrected chi connectivity index (χ2v) is 4.83. The summed E-state index contributed by atoms with van der Waals surface area (Å²) in [6.45, 7) is 6.10. The highest BCUT2D eigenvalue weighted by Gasteiger charge is 2.08. The van der Waals surface area contributed by atoms with Crippen LogP contribution in [0.1, 0.15) is 17.0 Å². The molecule has 96 valence electrons. The van der Waals surface area contributed by atoms with Gasteiger partial charge in [-0.3, -0.25) is 0 Å². The molecule has 4 heteroatoms. The molecule has 0 radical (unpaired) electrons. The number of hydrogen-bond donors (Lipinski definition) is 1. The summed E-state index contributed by atoms with van der Waals surface area (Å²) < 4.78 is 1.88. The van der Waals surface area contributed by atoms with Crippen LogP contribution in [0.25, 0.3) is 17.2 Å². The normalized spacial score (nSPS) is 10.9. The van der Waals surface area contributed by atoms with Crippen molar-refractivity contribution in [1.82, 2.24) is 19.7 Å².